The second-order valence-electron chi connectivity index (χ2n) is 4.79. The summed E-state index contributed by atoms with van der Waals surface area (Å²) in [6.07, 6.45) is 7.76. The first-order valence-corrected chi connectivity index (χ1v) is 6.43. The van der Waals surface area contributed by atoms with Gasteiger partial charge in [-0.05, 0) is 37.7 Å². The van der Waals surface area contributed by atoms with Gasteiger partial charge in [0.25, 0.3) is 0 Å². The summed E-state index contributed by atoms with van der Waals surface area (Å²) in [4.78, 5) is 11.4. The number of unbranched alkanes of at least 4 members (excludes halogenated alkanes) is 2. The lowest BCUT2D eigenvalue weighted by molar-refractivity contribution is -0.120. The zero-order chi connectivity index (χ0) is 11.2. The number of hydrogen-bond donors (Lipinski definition) is 0. The van der Waals surface area contributed by atoms with E-state index in [-0.39, 0.29) is 0 Å². The van der Waals surface area contributed by atoms with Crippen LogP contribution < -0.4 is 0 Å². The van der Waals surface area contributed by atoms with Crippen molar-refractivity contribution in [1.82, 2.24) is 0 Å². The maximum absolute atomic E-state index is 11.4. The summed E-state index contributed by atoms with van der Waals surface area (Å²) in [5, 5.41) is 0. The van der Waals surface area contributed by atoms with Crippen molar-refractivity contribution in [2.24, 2.45) is 5.92 Å². The predicted molar refractivity (Wildman–Crippen MR) is 66.3 cm³/mol. The third-order valence-corrected chi connectivity index (χ3v) is 3.26. The van der Waals surface area contributed by atoms with Gasteiger partial charge in [0.2, 0.25) is 0 Å². The quantitative estimate of drug-likeness (QED) is 0.634. The van der Waals surface area contributed by atoms with Gasteiger partial charge in [-0.1, -0.05) is 36.8 Å². The molecule has 1 aliphatic rings. The van der Waals surface area contributed by atoms with Gasteiger partial charge >= 0.3 is 0 Å². The molecule has 0 N–H and O–H groups in total. The van der Waals surface area contributed by atoms with E-state index in [1.807, 2.05) is 0 Å². The third kappa shape index (κ3) is 3.80. The van der Waals surface area contributed by atoms with Crippen LogP contribution in [-0.4, -0.2) is 5.78 Å². The van der Waals surface area contributed by atoms with Crippen LogP contribution in [0.25, 0.3) is 0 Å². The van der Waals surface area contributed by atoms with Gasteiger partial charge in [0.1, 0.15) is 5.78 Å². The molecule has 0 aliphatic heterocycles. The molecule has 1 fully saturated rings. The molecule has 0 spiro atoms. The number of rotatable bonds is 7. The van der Waals surface area contributed by atoms with E-state index in [4.69, 9.17) is 0 Å². The summed E-state index contributed by atoms with van der Waals surface area (Å²) in [5.41, 5.74) is 1.41. The van der Waals surface area contributed by atoms with Gasteiger partial charge in [-0.2, -0.15) is 0 Å². The monoisotopic (exact) mass is 216 g/mol. The summed E-state index contributed by atoms with van der Waals surface area (Å²) in [5.74, 6) is 0.967. The standard InChI is InChI=1S/C15H20O/c16-15(14-11-12-14)10-6-2-5-9-13-7-3-1-4-8-13/h1,3-4,7-8,14H,2,5-6,9-12H2. The topological polar surface area (TPSA) is 17.1 Å². The molecular weight excluding hydrogens is 196 g/mol. The van der Waals surface area contributed by atoms with Gasteiger partial charge in [-0.25, -0.2) is 0 Å². The first-order chi connectivity index (χ1) is 7.86. The van der Waals surface area contributed by atoms with E-state index >= 15 is 0 Å². The minimum absolute atomic E-state index is 0.453. The molecule has 1 saturated carbocycles. The average Bonchev–Trinajstić information content (AvgIpc) is 3.13. The van der Waals surface area contributed by atoms with E-state index in [9.17, 15) is 4.79 Å². The lowest BCUT2D eigenvalue weighted by Gasteiger charge is -2.01. The Bertz CT molecular complexity index is 325. The molecule has 86 valence electrons. The van der Waals surface area contributed by atoms with Gasteiger partial charge in [-0.3, -0.25) is 4.79 Å². The Morgan fingerprint density at radius 1 is 1.06 bits per heavy atom. The van der Waals surface area contributed by atoms with Crippen molar-refractivity contribution in [2.75, 3.05) is 0 Å². The molecule has 0 unspecified atom stereocenters. The Kier molecular flexibility index (Phi) is 4.15. The molecule has 0 aromatic heterocycles. The SMILES string of the molecule is O=C(CCCCCc1ccccc1)C1CC1. The molecule has 2 rings (SSSR count). The van der Waals surface area contributed by atoms with Crippen molar-refractivity contribution in [1.29, 1.82) is 0 Å². The predicted octanol–water partition coefficient (Wildman–Crippen LogP) is 3.77. The van der Waals surface area contributed by atoms with Crippen molar-refractivity contribution in [3.05, 3.63) is 35.9 Å². The summed E-state index contributed by atoms with van der Waals surface area (Å²) < 4.78 is 0. The molecule has 1 aliphatic carbocycles. The number of Topliss-reactive ketones (excluding diaryl/α,β-unsaturated/α-hetero) is 1. The zero-order valence-corrected chi connectivity index (χ0v) is 9.82. The summed E-state index contributed by atoms with van der Waals surface area (Å²) in [7, 11) is 0. The maximum atomic E-state index is 11.4. The zero-order valence-electron chi connectivity index (χ0n) is 9.82. The van der Waals surface area contributed by atoms with Gasteiger partial charge in [0, 0.05) is 12.3 Å². The first-order valence-electron chi connectivity index (χ1n) is 6.43. The Balaban J connectivity index is 1.53. The van der Waals surface area contributed by atoms with E-state index in [0.29, 0.717) is 11.7 Å². The molecule has 0 saturated heterocycles. The summed E-state index contributed by atoms with van der Waals surface area (Å²) in [6, 6.07) is 10.6. The normalized spacial score (nSPS) is 15.0. The number of ketones is 1. The van der Waals surface area contributed by atoms with Gasteiger partial charge in [-0.15, -0.1) is 0 Å². The van der Waals surface area contributed by atoms with E-state index in [2.05, 4.69) is 30.3 Å². The third-order valence-electron chi connectivity index (χ3n) is 3.26. The van der Waals surface area contributed by atoms with Crippen molar-refractivity contribution in [2.45, 2.75) is 44.9 Å². The molecule has 0 bridgehead atoms. The van der Waals surface area contributed by atoms with Gasteiger partial charge in [0.15, 0.2) is 0 Å². The maximum Gasteiger partial charge on any atom is 0.135 e. The lowest BCUT2D eigenvalue weighted by Crippen LogP contribution is -1.99. The molecule has 16 heavy (non-hydrogen) atoms. The number of aryl methyl sites for hydroxylation is 1. The average molecular weight is 216 g/mol. The van der Waals surface area contributed by atoms with E-state index in [0.717, 1.165) is 32.1 Å². The second kappa shape index (κ2) is 5.83. The highest BCUT2D eigenvalue weighted by Crippen LogP contribution is 2.31. The molecule has 0 heterocycles. The van der Waals surface area contributed by atoms with Gasteiger partial charge < -0.3 is 0 Å². The van der Waals surface area contributed by atoms with Crippen molar-refractivity contribution < 1.29 is 4.79 Å². The number of hydrogen-bond acceptors (Lipinski definition) is 1. The first kappa shape index (κ1) is 11.4. The van der Waals surface area contributed by atoms with Crippen LogP contribution in [0, 0.1) is 5.92 Å². The Hall–Kier alpha value is -1.11. The summed E-state index contributed by atoms with van der Waals surface area (Å²) in [6.45, 7) is 0. The van der Waals surface area contributed by atoms with E-state index < -0.39 is 0 Å². The highest BCUT2D eigenvalue weighted by molar-refractivity contribution is 5.82. The Labute approximate surface area is 97.9 Å². The van der Waals surface area contributed by atoms with Crippen LogP contribution in [0.1, 0.15) is 44.1 Å². The molecule has 1 aromatic carbocycles. The fraction of sp³-hybridized carbons (Fsp3) is 0.533. The highest BCUT2D eigenvalue weighted by atomic mass is 16.1. The van der Waals surface area contributed by atoms with E-state index in [1.165, 1.54) is 18.4 Å². The minimum Gasteiger partial charge on any atom is -0.299 e. The smallest absolute Gasteiger partial charge is 0.135 e. The van der Waals surface area contributed by atoms with Crippen LogP contribution in [0.4, 0.5) is 0 Å². The van der Waals surface area contributed by atoms with Crippen molar-refractivity contribution in [3.63, 3.8) is 0 Å². The largest absolute Gasteiger partial charge is 0.299 e. The van der Waals surface area contributed by atoms with Crippen molar-refractivity contribution in [3.8, 4) is 0 Å². The van der Waals surface area contributed by atoms with Crippen LogP contribution in [-0.2, 0) is 11.2 Å². The summed E-state index contributed by atoms with van der Waals surface area (Å²) >= 11 is 0. The van der Waals surface area contributed by atoms with E-state index in [1.54, 1.807) is 0 Å². The molecule has 1 aromatic rings. The lowest BCUT2D eigenvalue weighted by atomic mass is 10.0. The van der Waals surface area contributed by atoms with Crippen LogP contribution in [0.2, 0.25) is 0 Å². The molecular formula is C15H20O. The number of benzene rings is 1. The molecule has 0 amide bonds. The van der Waals surface area contributed by atoms with Gasteiger partial charge in [0.05, 0.1) is 0 Å². The Morgan fingerprint density at radius 2 is 1.81 bits per heavy atom. The minimum atomic E-state index is 0.453. The fourth-order valence-corrected chi connectivity index (χ4v) is 2.06. The van der Waals surface area contributed by atoms with Crippen molar-refractivity contribution >= 4 is 5.78 Å². The molecule has 1 heteroatoms. The van der Waals surface area contributed by atoms with Crippen LogP contribution in [0.3, 0.4) is 0 Å². The molecule has 0 radical (unpaired) electrons. The Morgan fingerprint density at radius 3 is 2.50 bits per heavy atom. The van der Waals surface area contributed by atoms with Crippen LogP contribution in [0.5, 0.6) is 0 Å². The number of carbonyl (C=O) groups excluding carboxylic acids is 1. The van der Waals surface area contributed by atoms with Crippen LogP contribution in [0.15, 0.2) is 30.3 Å². The molecule has 1 nitrogen and oxygen atoms in total. The highest BCUT2D eigenvalue weighted by Gasteiger charge is 2.28. The number of carbonyl (C=O) groups is 1. The second-order valence-corrected chi connectivity index (χ2v) is 4.79. The fourth-order valence-electron chi connectivity index (χ4n) is 2.06. The molecule has 0 atom stereocenters. The van der Waals surface area contributed by atoms with Crippen LogP contribution >= 0.6 is 0 Å².